The van der Waals surface area contributed by atoms with Crippen LogP contribution in [0, 0.1) is 5.92 Å². The molecule has 2 unspecified atom stereocenters. The maximum atomic E-state index is 11.1. The lowest BCUT2D eigenvalue weighted by Gasteiger charge is -2.26. The molecule has 98 valence electrons. The lowest BCUT2D eigenvalue weighted by atomic mass is 10.0. The highest BCUT2D eigenvalue weighted by atomic mass is 79.9. The van der Waals surface area contributed by atoms with E-state index in [4.69, 9.17) is 9.84 Å². The number of pyridine rings is 1. The zero-order chi connectivity index (χ0) is 13.1. The third kappa shape index (κ3) is 3.07. The lowest BCUT2D eigenvalue weighted by Crippen LogP contribution is -2.40. The van der Waals surface area contributed by atoms with E-state index in [-0.39, 0.29) is 6.04 Å². The molecule has 1 aromatic heterocycles. The fraction of sp³-hybridized carbons (Fsp3) is 0.500. The van der Waals surface area contributed by atoms with Crippen LogP contribution in [0.4, 0.5) is 0 Å². The van der Waals surface area contributed by atoms with Gasteiger partial charge in [0, 0.05) is 29.5 Å². The van der Waals surface area contributed by atoms with Crippen LogP contribution in [0.2, 0.25) is 0 Å². The maximum absolute atomic E-state index is 11.1. The van der Waals surface area contributed by atoms with Gasteiger partial charge in [0.05, 0.1) is 19.1 Å². The van der Waals surface area contributed by atoms with Gasteiger partial charge in [0.2, 0.25) is 0 Å². The molecular formula is C12H15BrN2O3. The molecule has 1 aromatic rings. The van der Waals surface area contributed by atoms with Crippen molar-refractivity contribution in [3.8, 4) is 0 Å². The molecule has 0 spiro atoms. The third-order valence-corrected chi connectivity index (χ3v) is 3.56. The number of carboxylic acids is 1. The summed E-state index contributed by atoms with van der Waals surface area (Å²) in [4.78, 5) is 17.2. The molecule has 1 N–H and O–H groups in total. The number of carbonyl (C=O) groups is 1. The summed E-state index contributed by atoms with van der Waals surface area (Å²) in [6.07, 6.45) is 3.51. The van der Waals surface area contributed by atoms with Gasteiger partial charge in [-0.15, -0.1) is 0 Å². The largest absolute Gasteiger partial charge is 0.481 e. The Bertz CT molecular complexity index is 441. The minimum Gasteiger partial charge on any atom is -0.481 e. The van der Waals surface area contributed by atoms with Gasteiger partial charge >= 0.3 is 5.97 Å². The number of halogens is 1. The van der Waals surface area contributed by atoms with E-state index in [1.54, 1.807) is 12.4 Å². The average molecular weight is 315 g/mol. The highest BCUT2D eigenvalue weighted by molar-refractivity contribution is 9.10. The van der Waals surface area contributed by atoms with Crippen LogP contribution in [0.1, 0.15) is 5.56 Å². The van der Waals surface area contributed by atoms with Crippen LogP contribution in [0.15, 0.2) is 22.9 Å². The fourth-order valence-corrected chi connectivity index (χ4v) is 2.57. The van der Waals surface area contributed by atoms with E-state index in [1.165, 1.54) is 0 Å². The van der Waals surface area contributed by atoms with Crippen LogP contribution in [-0.2, 0) is 16.1 Å². The second-order valence-corrected chi connectivity index (χ2v) is 5.39. The van der Waals surface area contributed by atoms with Crippen molar-refractivity contribution >= 4 is 21.9 Å². The van der Waals surface area contributed by atoms with Crippen LogP contribution in [0.5, 0.6) is 0 Å². The van der Waals surface area contributed by atoms with Crippen molar-refractivity contribution in [2.45, 2.75) is 12.6 Å². The fourth-order valence-electron chi connectivity index (χ4n) is 2.16. The molecule has 2 atom stereocenters. The first kappa shape index (κ1) is 13.5. The maximum Gasteiger partial charge on any atom is 0.310 e. The van der Waals surface area contributed by atoms with Gasteiger partial charge in [0.15, 0.2) is 0 Å². The monoisotopic (exact) mass is 314 g/mol. The molecule has 2 heterocycles. The summed E-state index contributed by atoms with van der Waals surface area (Å²) < 4.78 is 6.19. The summed E-state index contributed by atoms with van der Waals surface area (Å²) in [6.45, 7) is 1.42. The molecule has 0 bridgehead atoms. The summed E-state index contributed by atoms with van der Waals surface area (Å²) in [5.41, 5.74) is 1.04. The van der Waals surface area contributed by atoms with E-state index in [0.29, 0.717) is 19.8 Å². The number of aromatic nitrogens is 1. The van der Waals surface area contributed by atoms with Crippen LogP contribution in [0.25, 0.3) is 0 Å². The summed E-state index contributed by atoms with van der Waals surface area (Å²) >= 11 is 3.37. The van der Waals surface area contributed by atoms with Gasteiger partial charge in [0.25, 0.3) is 0 Å². The SMILES string of the molecule is CN(Cc1cncc(Br)c1)C1COCC1C(=O)O. The van der Waals surface area contributed by atoms with Crippen LogP contribution < -0.4 is 0 Å². The van der Waals surface area contributed by atoms with Gasteiger partial charge in [0.1, 0.15) is 0 Å². The van der Waals surface area contributed by atoms with Gasteiger partial charge in [-0.05, 0) is 34.6 Å². The van der Waals surface area contributed by atoms with Crippen molar-refractivity contribution in [3.05, 3.63) is 28.5 Å². The number of hydrogen-bond donors (Lipinski definition) is 1. The summed E-state index contributed by atoms with van der Waals surface area (Å²) in [5.74, 6) is -1.24. The quantitative estimate of drug-likeness (QED) is 0.909. The Labute approximate surface area is 114 Å². The highest BCUT2D eigenvalue weighted by Crippen LogP contribution is 2.21. The summed E-state index contributed by atoms with van der Waals surface area (Å²) in [6, 6.07) is 1.90. The number of carboxylic acid groups (broad SMARTS) is 1. The van der Waals surface area contributed by atoms with Crippen molar-refractivity contribution in [3.63, 3.8) is 0 Å². The predicted molar refractivity (Wildman–Crippen MR) is 69.1 cm³/mol. The lowest BCUT2D eigenvalue weighted by molar-refractivity contribution is -0.143. The first-order valence-corrected chi connectivity index (χ1v) is 6.47. The third-order valence-electron chi connectivity index (χ3n) is 3.13. The van der Waals surface area contributed by atoms with Crippen molar-refractivity contribution in [2.75, 3.05) is 20.3 Å². The standard InChI is InChI=1S/C12H15BrN2O3/c1-15(5-8-2-9(13)4-14-3-8)11-7-18-6-10(11)12(16)17/h2-4,10-11H,5-7H2,1H3,(H,16,17). The minimum atomic E-state index is -0.795. The molecule has 18 heavy (non-hydrogen) atoms. The summed E-state index contributed by atoms with van der Waals surface area (Å²) in [5, 5.41) is 9.12. The molecule has 0 aromatic carbocycles. The van der Waals surface area contributed by atoms with Gasteiger partial charge in [-0.1, -0.05) is 0 Å². The first-order valence-electron chi connectivity index (χ1n) is 5.68. The van der Waals surface area contributed by atoms with Crippen LogP contribution in [0.3, 0.4) is 0 Å². The summed E-state index contributed by atoms with van der Waals surface area (Å²) in [7, 11) is 1.91. The number of aliphatic carboxylic acids is 1. The normalized spacial score (nSPS) is 23.5. The Morgan fingerprint density at radius 2 is 2.39 bits per heavy atom. The molecule has 0 saturated carbocycles. The minimum absolute atomic E-state index is 0.0820. The van der Waals surface area contributed by atoms with E-state index in [2.05, 4.69) is 20.9 Å². The first-order chi connectivity index (χ1) is 8.58. The number of ether oxygens (including phenoxy) is 1. The van der Waals surface area contributed by atoms with Gasteiger partial charge in [-0.25, -0.2) is 0 Å². The van der Waals surface area contributed by atoms with Crippen molar-refractivity contribution in [1.29, 1.82) is 0 Å². The molecule has 1 saturated heterocycles. The van der Waals surface area contributed by atoms with E-state index in [9.17, 15) is 4.79 Å². The Hall–Kier alpha value is -0.980. The van der Waals surface area contributed by atoms with Crippen LogP contribution in [-0.4, -0.2) is 47.3 Å². The van der Waals surface area contributed by atoms with Gasteiger partial charge in [-0.3, -0.25) is 14.7 Å². The zero-order valence-electron chi connectivity index (χ0n) is 10.0. The van der Waals surface area contributed by atoms with Gasteiger partial charge in [-0.2, -0.15) is 0 Å². The van der Waals surface area contributed by atoms with Crippen molar-refractivity contribution in [1.82, 2.24) is 9.88 Å². The molecule has 1 fully saturated rings. The number of likely N-dealkylation sites (N-methyl/N-ethyl adjacent to an activating group) is 1. The van der Waals surface area contributed by atoms with Gasteiger partial charge < -0.3 is 9.84 Å². The smallest absolute Gasteiger partial charge is 0.310 e. The highest BCUT2D eigenvalue weighted by Gasteiger charge is 2.36. The molecule has 5 nitrogen and oxygen atoms in total. The van der Waals surface area contributed by atoms with Crippen molar-refractivity contribution < 1.29 is 14.6 Å². The molecule has 6 heteroatoms. The van der Waals surface area contributed by atoms with E-state index >= 15 is 0 Å². The molecule has 2 rings (SSSR count). The molecule has 1 aliphatic heterocycles. The molecule has 1 aliphatic rings. The molecular weight excluding hydrogens is 300 g/mol. The molecule has 0 aliphatic carbocycles. The van der Waals surface area contributed by atoms with E-state index in [0.717, 1.165) is 10.0 Å². The Balaban J connectivity index is 2.03. The Morgan fingerprint density at radius 3 is 3.06 bits per heavy atom. The van der Waals surface area contributed by atoms with Crippen LogP contribution >= 0.6 is 15.9 Å². The predicted octanol–water partition coefficient (Wildman–Crippen LogP) is 1.38. The molecule has 0 amide bonds. The van der Waals surface area contributed by atoms with E-state index in [1.807, 2.05) is 18.0 Å². The Morgan fingerprint density at radius 1 is 1.61 bits per heavy atom. The topological polar surface area (TPSA) is 62.7 Å². The average Bonchev–Trinajstić information content (AvgIpc) is 2.77. The number of hydrogen-bond acceptors (Lipinski definition) is 4. The van der Waals surface area contributed by atoms with E-state index < -0.39 is 11.9 Å². The second-order valence-electron chi connectivity index (χ2n) is 4.48. The molecule has 0 radical (unpaired) electrons. The Kier molecular flexibility index (Phi) is 4.31. The number of nitrogens with zero attached hydrogens (tertiary/aromatic N) is 2. The number of rotatable bonds is 4. The second kappa shape index (κ2) is 5.77. The zero-order valence-corrected chi connectivity index (χ0v) is 11.6. The van der Waals surface area contributed by atoms with Crippen molar-refractivity contribution in [2.24, 2.45) is 5.92 Å².